The summed E-state index contributed by atoms with van der Waals surface area (Å²) < 4.78 is 7.38. The van der Waals surface area contributed by atoms with E-state index in [1.807, 2.05) is 40.8 Å². The number of amides is 3. The fraction of sp³-hybridized carbons (Fsp3) is 0.476. The van der Waals surface area contributed by atoms with Crippen molar-refractivity contribution in [2.45, 2.75) is 44.8 Å². The normalized spacial score (nSPS) is 19.9. The highest BCUT2D eigenvalue weighted by molar-refractivity contribution is 5.99. The molecule has 2 fully saturated rings. The molecule has 3 heterocycles. The maximum atomic E-state index is 12.5. The van der Waals surface area contributed by atoms with Gasteiger partial charge < -0.3 is 15.0 Å². The second-order valence-electron chi connectivity index (χ2n) is 7.61. The highest BCUT2D eigenvalue weighted by Crippen LogP contribution is 2.27. The lowest BCUT2D eigenvalue weighted by Gasteiger charge is -2.33. The third-order valence-electron chi connectivity index (χ3n) is 5.63. The molecule has 3 amide bonds. The van der Waals surface area contributed by atoms with E-state index in [2.05, 4.69) is 15.7 Å². The lowest BCUT2D eigenvalue weighted by Crippen LogP contribution is -2.44. The number of hydrogen-bond acceptors (Lipinski definition) is 4. The van der Waals surface area contributed by atoms with Crippen molar-refractivity contribution < 1.29 is 14.3 Å². The van der Waals surface area contributed by atoms with Gasteiger partial charge in [-0.25, -0.2) is 9.48 Å². The molecule has 1 atom stereocenters. The Labute approximate surface area is 170 Å². The second-order valence-corrected chi connectivity index (χ2v) is 7.61. The van der Waals surface area contributed by atoms with Crippen LogP contribution in [0.4, 0.5) is 16.3 Å². The number of piperidine rings is 1. The molecule has 4 rings (SSSR count). The van der Waals surface area contributed by atoms with Crippen molar-refractivity contribution in [2.24, 2.45) is 0 Å². The number of benzene rings is 1. The molecule has 8 nitrogen and oxygen atoms in total. The van der Waals surface area contributed by atoms with E-state index in [4.69, 9.17) is 4.74 Å². The van der Waals surface area contributed by atoms with Crippen LogP contribution in [0.3, 0.4) is 0 Å². The Morgan fingerprint density at radius 2 is 1.90 bits per heavy atom. The highest BCUT2D eigenvalue weighted by Gasteiger charge is 2.31. The quantitative estimate of drug-likeness (QED) is 0.829. The van der Waals surface area contributed by atoms with Crippen LogP contribution in [0.1, 0.15) is 37.3 Å². The van der Waals surface area contributed by atoms with Crippen LogP contribution in [-0.4, -0.2) is 52.4 Å². The molecule has 0 radical (unpaired) electrons. The van der Waals surface area contributed by atoms with Gasteiger partial charge in [-0.1, -0.05) is 18.2 Å². The number of carbonyl (C=O) groups excluding carboxylic acids is 2. The first-order chi connectivity index (χ1) is 14.1. The minimum absolute atomic E-state index is 0.109. The number of rotatable bonds is 4. The number of nitrogens with one attached hydrogen (secondary N) is 2. The Morgan fingerprint density at radius 3 is 2.62 bits per heavy atom. The van der Waals surface area contributed by atoms with E-state index in [0.717, 1.165) is 36.9 Å². The standard InChI is InChI=1S/C21H27N5O3/c1-15-5-2-3-6-17(15)23-21(28)24-19-8-11-22-26(19)16-9-12-25(13-10-16)20(27)18-7-4-14-29-18/h2-3,5-6,8,11,16,18H,4,7,9-10,12-14H2,1H3,(H2,23,24,28). The van der Waals surface area contributed by atoms with Gasteiger partial charge in [0.1, 0.15) is 11.9 Å². The fourth-order valence-corrected chi connectivity index (χ4v) is 3.99. The molecule has 0 aliphatic carbocycles. The lowest BCUT2D eigenvalue weighted by molar-refractivity contribution is -0.142. The first kappa shape index (κ1) is 19.4. The van der Waals surface area contributed by atoms with Crippen LogP contribution in [0.15, 0.2) is 36.5 Å². The summed E-state index contributed by atoms with van der Waals surface area (Å²) in [5, 5.41) is 10.2. The monoisotopic (exact) mass is 397 g/mol. The lowest BCUT2D eigenvalue weighted by atomic mass is 10.0. The molecule has 1 aromatic carbocycles. The Hall–Kier alpha value is -2.87. The van der Waals surface area contributed by atoms with Crippen molar-refractivity contribution in [3.05, 3.63) is 42.1 Å². The van der Waals surface area contributed by atoms with Crippen molar-refractivity contribution in [3.8, 4) is 0 Å². The van der Waals surface area contributed by atoms with Gasteiger partial charge in [0.15, 0.2) is 0 Å². The van der Waals surface area contributed by atoms with Crippen molar-refractivity contribution >= 4 is 23.4 Å². The van der Waals surface area contributed by atoms with Crippen LogP contribution in [0.2, 0.25) is 0 Å². The minimum atomic E-state index is -0.299. The largest absolute Gasteiger partial charge is 0.368 e. The Balaban J connectivity index is 1.34. The Morgan fingerprint density at radius 1 is 1.10 bits per heavy atom. The van der Waals surface area contributed by atoms with E-state index in [0.29, 0.717) is 25.5 Å². The van der Waals surface area contributed by atoms with Crippen molar-refractivity contribution in [3.63, 3.8) is 0 Å². The molecule has 0 spiro atoms. The summed E-state index contributed by atoms with van der Waals surface area (Å²) in [7, 11) is 0. The predicted octanol–water partition coefficient (Wildman–Crippen LogP) is 3.18. The number of para-hydroxylation sites is 1. The summed E-state index contributed by atoms with van der Waals surface area (Å²) >= 11 is 0. The van der Waals surface area contributed by atoms with E-state index in [9.17, 15) is 9.59 Å². The average molecular weight is 397 g/mol. The van der Waals surface area contributed by atoms with E-state index in [1.54, 1.807) is 12.3 Å². The van der Waals surface area contributed by atoms with Crippen LogP contribution in [0.25, 0.3) is 0 Å². The zero-order valence-electron chi connectivity index (χ0n) is 16.6. The van der Waals surface area contributed by atoms with Crippen LogP contribution >= 0.6 is 0 Å². The molecule has 2 aromatic rings. The van der Waals surface area contributed by atoms with Gasteiger partial charge in [-0.2, -0.15) is 5.10 Å². The summed E-state index contributed by atoms with van der Waals surface area (Å²) in [6.45, 7) is 3.99. The number of carbonyl (C=O) groups is 2. The van der Waals surface area contributed by atoms with Gasteiger partial charge in [0, 0.05) is 31.5 Å². The number of nitrogens with zero attached hydrogens (tertiary/aromatic N) is 3. The van der Waals surface area contributed by atoms with E-state index >= 15 is 0 Å². The topological polar surface area (TPSA) is 88.5 Å². The molecule has 154 valence electrons. The summed E-state index contributed by atoms with van der Waals surface area (Å²) in [4.78, 5) is 26.8. The molecule has 0 saturated carbocycles. The molecular weight excluding hydrogens is 370 g/mol. The maximum absolute atomic E-state index is 12.5. The first-order valence-electron chi connectivity index (χ1n) is 10.2. The summed E-state index contributed by atoms with van der Waals surface area (Å²) in [6, 6.07) is 9.28. The van der Waals surface area contributed by atoms with Gasteiger partial charge in [0.25, 0.3) is 5.91 Å². The molecule has 8 heteroatoms. The zero-order valence-corrected chi connectivity index (χ0v) is 16.6. The predicted molar refractivity (Wildman–Crippen MR) is 110 cm³/mol. The van der Waals surface area contributed by atoms with E-state index in [-0.39, 0.29) is 24.1 Å². The van der Waals surface area contributed by atoms with Gasteiger partial charge in [-0.3, -0.25) is 10.1 Å². The molecule has 1 unspecified atom stereocenters. The van der Waals surface area contributed by atoms with E-state index in [1.165, 1.54) is 0 Å². The third kappa shape index (κ3) is 4.42. The van der Waals surface area contributed by atoms with Gasteiger partial charge in [0.05, 0.1) is 12.2 Å². The van der Waals surface area contributed by atoms with Gasteiger partial charge in [0.2, 0.25) is 0 Å². The molecule has 1 aromatic heterocycles. The maximum Gasteiger partial charge on any atom is 0.324 e. The zero-order chi connectivity index (χ0) is 20.2. The number of anilines is 2. The first-order valence-corrected chi connectivity index (χ1v) is 10.2. The molecular formula is C21H27N5O3. The SMILES string of the molecule is Cc1ccccc1NC(=O)Nc1ccnn1C1CCN(C(=O)C2CCCO2)CC1. The van der Waals surface area contributed by atoms with Crippen molar-refractivity contribution in [1.29, 1.82) is 0 Å². The van der Waals surface area contributed by atoms with Gasteiger partial charge in [-0.05, 0) is 44.2 Å². The van der Waals surface area contributed by atoms with Crippen LogP contribution in [0, 0.1) is 6.92 Å². The Kier molecular flexibility index (Phi) is 5.80. The highest BCUT2D eigenvalue weighted by atomic mass is 16.5. The van der Waals surface area contributed by atoms with E-state index < -0.39 is 0 Å². The summed E-state index contributed by atoms with van der Waals surface area (Å²) in [5.74, 6) is 0.761. The Bertz CT molecular complexity index is 867. The molecule has 29 heavy (non-hydrogen) atoms. The molecule has 0 bridgehead atoms. The average Bonchev–Trinajstić information content (AvgIpc) is 3.42. The number of likely N-dealkylation sites (tertiary alicyclic amines) is 1. The number of ether oxygens (including phenoxy) is 1. The summed E-state index contributed by atoms with van der Waals surface area (Å²) in [6.07, 6.45) is 4.80. The third-order valence-corrected chi connectivity index (χ3v) is 5.63. The second kappa shape index (κ2) is 8.65. The van der Waals surface area contributed by atoms with Crippen molar-refractivity contribution in [1.82, 2.24) is 14.7 Å². The molecule has 2 aliphatic heterocycles. The molecule has 2 saturated heterocycles. The van der Waals surface area contributed by atoms with Gasteiger partial charge >= 0.3 is 6.03 Å². The number of urea groups is 1. The fourth-order valence-electron chi connectivity index (χ4n) is 3.99. The summed E-state index contributed by atoms with van der Waals surface area (Å²) in [5.41, 5.74) is 1.77. The molecule has 2 aliphatic rings. The number of hydrogen-bond donors (Lipinski definition) is 2. The van der Waals surface area contributed by atoms with Crippen molar-refractivity contribution in [2.75, 3.05) is 30.3 Å². The van der Waals surface area contributed by atoms with Crippen LogP contribution in [-0.2, 0) is 9.53 Å². The molecule has 2 N–H and O–H groups in total. The number of aryl methyl sites for hydroxylation is 1. The van der Waals surface area contributed by atoms with Gasteiger partial charge in [-0.15, -0.1) is 0 Å². The van der Waals surface area contributed by atoms with Crippen LogP contribution < -0.4 is 10.6 Å². The van der Waals surface area contributed by atoms with Crippen LogP contribution in [0.5, 0.6) is 0 Å². The minimum Gasteiger partial charge on any atom is -0.368 e. The smallest absolute Gasteiger partial charge is 0.324 e. The number of aromatic nitrogens is 2.